The van der Waals surface area contributed by atoms with Crippen LogP contribution in [0.5, 0.6) is 5.75 Å². The van der Waals surface area contributed by atoms with Crippen molar-refractivity contribution in [1.82, 2.24) is 44.6 Å². The topological polar surface area (TPSA) is 347 Å². The van der Waals surface area contributed by atoms with Gasteiger partial charge in [0.1, 0.15) is 56.1 Å². The lowest BCUT2D eigenvalue weighted by atomic mass is 9.91. The Morgan fingerprint density at radius 3 is 1.03 bits per heavy atom. The summed E-state index contributed by atoms with van der Waals surface area (Å²) in [5, 5.41) is 44.3. The first-order chi connectivity index (χ1) is 53.9. The van der Waals surface area contributed by atoms with E-state index in [2.05, 4.69) is 35.6 Å². The number of rotatable bonds is 19. The minimum atomic E-state index is -4.89. The number of hydrogen-bond acceptors (Lipinski definition) is 14. The lowest BCUT2D eigenvalue weighted by Gasteiger charge is -2.27. The number of ether oxygens (including phenoxy) is 1. The Morgan fingerprint density at radius 1 is 0.470 bits per heavy atom. The second kappa shape index (κ2) is 29.5. The SMILES string of the molecule is CC1(Cc2ccc(C#N)cc2)C(=O)N(c2cc(Cl)c(F)c(Cl)c2)c2ncc(C(=O)NC3(C(=O)O)CC3)n21.CC1(Cc2ccc(C(F)(F)F)cc2)C(=O)N(c2cc(Cl)cc(Cl)c2)c2ncc(C(=O)NC3(C(=O)O)CC3)n21.CC1(Cc2ccc(OC(F)(F)F)cc2)C(=O)N(c2cc(Cl)c(F)c(Cl)c2)c2ncc(C(=O)NC3(C(=O)O)CC3)n21. The highest BCUT2D eigenvalue weighted by molar-refractivity contribution is 6.37. The predicted octanol–water partition coefficient (Wildman–Crippen LogP) is 14.6. The summed E-state index contributed by atoms with van der Waals surface area (Å²) >= 11 is 36.2. The smallest absolute Gasteiger partial charge is 0.480 e. The number of aliphatic carboxylic acids is 3. The van der Waals surface area contributed by atoms with Gasteiger partial charge < -0.3 is 36.0 Å². The van der Waals surface area contributed by atoms with Crippen LogP contribution in [0.15, 0.2) is 134 Å². The van der Waals surface area contributed by atoms with Crippen LogP contribution in [-0.2, 0) is 70.8 Å². The zero-order valence-corrected chi connectivity index (χ0v) is 63.8. The molecule has 0 spiro atoms. The number of halogens is 14. The third kappa shape index (κ3) is 15.2. The summed E-state index contributed by atoms with van der Waals surface area (Å²) in [7, 11) is 0. The Kier molecular flexibility index (Phi) is 20.9. The number of imidazole rings is 3. The summed E-state index contributed by atoms with van der Waals surface area (Å²) in [5.41, 5.74) is -7.40. The molecule has 6 aromatic carbocycles. The molecule has 26 nitrogen and oxygen atoms in total. The third-order valence-electron chi connectivity index (χ3n) is 20.3. The molecular formula is C75H55Cl6F8N13O13. The molecule has 0 saturated heterocycles. The highest BCUT2D eigenvalue weighted by Crippen LogP contribution is 2.50. The zero-order chi connectivity index (χ0) is 83.5. The van der Waals surface area contributed by atoms with Crippen LogP contribution in [0.2, 0.25) is 30.1 Å². The van der Waals surface area contributed by atoms with Gasteiger partial charge in [-0.1, -0.05) is 106 Å². The zero-order valence-electron chi connectivity index (χ0n) is 59.3. The van der Waals surface area contributed by atoms with E-state index in [0.717, 1.165) is 47.5 Å². The van der Waals surface area contributed by atoms with Crippen molar-refractivity contribution in [3.05, 3.63) is 221 Å². The van der Waals surface area contributed by atoms with E-state index < -0.39 is 122 Å². The van der Waals surface area contributed by atoms with E-state index in [4.69, 9.17) is 74.9 Å². The minimum Gasteiger partial charge on any atom is -0.480 e. The fraction of sp³-hybridized carbons (Fsp3) is 0.267. The fourth-order valence-corrected chi connectivity index (χ4v) is 15.3. The molecule has 596 valence electrons. The number of hydrogen-bond donors (Lipinski definition) is 6. The van der Waals surface area contributed by atoms with Gasteiger partial charge in [-0.3, -0.25) is 42.5 Å². The summed E-state index contributed by atoms with van der Waals surface area (Å²) in [5.74, 6) is -9.62. The number of carboxylic acid groups (broad SMARTS) is 3. The van der Waals surface area contributed by atoms with Crippen LogP contribution in [0, 0.1) is 23.0 Å². The van der Waals surface area contributed by atoms with Crippen LogP contribution in [-0.4, -0.2) is 120 Å². The largest absolute Gasteiger partial charge is 0.573 e. The van der Waals surface area contributed by atoms with Gasteiger partial charge in [0.2, 0.25) is 17.8 Å². The first-order valence-corrected chi connectivity index (χ1v) is 36.4. The van der Waals surface area contributed by atoms with E-state index in [0.29, 0.717) is 22.3 Å². The molecule has 3 aliphatic heterocycles. The number of nitrogens with zero attached hydrogens (tertiary/aromatic N) is 10. The van der Waals surface area contributed by atoms with E-state index in [-0.39, 0.29) is 140 Å². The first kappa shape index (κ1) is 81.7. The summed E-state index contributed by atoms with van der Waals surface area (Å²) in [6.07, 6.45) is -4.39. The molecule has 6 aliphatic rings. The molecule has 3 aliphatic carbocycles. The number of carbonyl (C=O) groups excluding carboxylic acids is 6. The van der Waals surface area contributed by atoms with Gasteiger partial charge in [-0.2, -0.15) is 18.4 Å². The van der Waals surface area contributed by atoms with Gasteiger partial charge in [-0.05, 0) is 155 Å². The van der Waals surface area contributed by atoms with Gasteiger partial charge in [0, 0.05) is 29.3 Å². The maximum atomic E-state index is 14.1. The summed E-state index contributed by atoms with van der Waals surface area (Å²) in [4.78, 5) is 133. The average Bonchev–Trinajstić information content (AvgIpc) is 1.56. The Bertz CT molecular complexity index is 5590. The first-order valence-electron chi connectivity index (χ1n) is 34.1. The number of alkyl halides is 6. The van der Waals surface area contributed by atoms with Crippen molar-refractivity contribution < 1.29 is 98.3 Å². The minimum absolute atomic E-state index is 0.0196. The van der Waals surface area contributed by atoms with Gasteiger partial charge in [0.15, 0.2) is 11.6 Å². The van der Waals surface area contributed by atoms with E-state index in [1.54, 1.807) is 31.2 Å². The quantitative estimate of drug-likeness (QED) is 0.0323. The van der Waals surface area contributed by atoms with Gasteiger partial charge >= 0.3 is 30.4 Å². The van der Waals surface area contributed by atoms with Crippen LogP contribution in [0.3, 0.4) is 0 Å². The van der Waals surface area contributed by atoms with Crippen molar-refractivity contribution in [2.75, 3.05) is 14.7 Å². The molecule has 3 saturated carbocycles. The molecule has 6 N–H and O–H groups in total. The number of carboxylic acids is 3. The molecular weight excluding hydrogens is 1660 g/mol. The van der Waals surface area contributed by atoms with E-state index >= 15 is 0 Å². The van der Waals surface area contributed by atoms with Gasteiger partial charge in [-0.25, -0.2) is 52.8 Å². The summed E-state index contributed by atoms with van der Waals surface area (Å²) < 4.78 is 113. The maximum absolute atomic E-state index is 14.1. The number of anilines is 6. The summed E-state index contributed by atoms with van der Waals surface area (Å²) in [6.45, 7) is 4.63. The molecule has 3 aromatic heterocycles. The van der Waals surface area contributed by atoms with Crippen LogP contribution >= 0.6 is 69.6 Å². The molecule has 9 aromatic rings. The fourth-order valence-electron chi connectivity index (χ4n) is 13.8. The molecule has 115 heavy (non-hydrogen) atoms. The Labute approximate surface area is 673 Å². The highest BCUT2D eigenvalue weighted by atomic mass is 35.5. The number of nitriles is 1. The van der Waals surface area contributed by atoms with Crippen molar-refractivity contribution in [2.24, 2.45) is 0 Å². The van der Waals surface area contributed by atoms with Crippen molar-refractivity contribution in [3.63, 3.8) is 0 Å². The van der Waals surface area contributed by atoms with Crippen LogP contribution in [0.1, 0.15) is 119 Å². The molecule has 15 rings (SSSR count). The number of fused-ring (bicyclic) bond motifs is 3. The number of carbonyl (C=O) groups is 9. The molecule has 40 heteroatoms. The number of aromatic nitrogens is 6. The lowest BCUT2D eigenvalue weighted by molar-refractivity contribution is -0.274. The van der Waals surface area contributed by atoms with Gasteiger partial charge in [0.05, 0.1) is 72.9 Å². The monoisotopic (exact) mass is 1710 g/mol. The van der Waals surface area contributed by atoms with Crippen molar-refractivity contribution in [3.8, 4) is 11.8 Å². The summed E-state index contributed by atoms with van der Waals surface area (Å²) in [6, 6.07) is 27.0. The normalized spacial score (nSPS) is 19.5. The number of benzene rings is 6. The van der Waals surface area contributed by atoms with Crippen LogP contribution in [0.25, 0.3) is 0 Å². The van der Waals surface area contributed by atoms with E-state index in [1.165, 1.54) is 104 Å². The number of amides is 6. The van der Waals surface area contributed by atoms with Crippen molar-refractivity contribution in [1.29, 1.82) is 5.26 Å². The maximum Gasteiger partial charge on any atom is 0.573 e. The predicted molar refractivity (Wildman–Crippen MR) is 396 cm³/mol. The standard InChI is InChI=1S/C25H18Cl2F4N4O5.C25H19Cl2F3N4O4.C25H18Cl2FN5O4/c1-23(10-12-2-4-14(5-3-12)40-25(29,30)31)20(37)34(13-8-15(26)18(28)16(27)9-13)22-32-11-17(35(22)23)19(36)33-24(6-7-24)21(38)39;1-23(11-13-2-4-14(5-3-13)25(28,29)30)20(36)33(17-9-15(26)8-16(27)10-17)22-31-12-18(34(22)23)19(35)32-24(6-7-24)21(37)38;1-24(10-13-2-4-14(11-29)5-3-13)21(35)32(15-8-16(26)19(28)17(27)9-15)23-30-12-18(33(23)24)20(34)31-25(6-7-25)22(36)37/h2-5,8-9,11H,6-7,10H2,1H3,(H,33,36)(H,38,39);2-5,8-10,12H,6-7,11H2,1H3,(H,32,35)(H,37,38);2-5,8-9,12H,6-7,10H2,1H3,(H,31,34)(H,36,37). The molecule has 6 heterocycles. The molecule has 3 atom stereocenters. The third-order valence-corrected chi connectivity index (χ3v) is 21.8. The second-order valence-electron chi connectivity index (χ2n) is 28.4. The van der Waals surface area contributed by atoms with Crippen LogP contribution < -0.4 is 35.4 Å². The molecule has 6 amide bonds. The van der Waals surface area contributed by atoms with Gasteiger partial charge in [0.25, 0.3) is 35.4 Å². The number of nitrogens with one attached hydrogen (secondary N) is 3. The van der Waals surface area contributed by atoms with Crippen LogP contribution in [0.4, 0.5) is 70.0 Å². The van der Waals surface area contributed by atoms with Crippen molar-refractivity contribution >= 4 is 158 Å². The Morgan fingerprint density at radius 2 is 0.757 bits per heavy atom. The Balaban J connectivity index is 0.000000150. The molecule has 3 unspecified atom stereocenters. The highest BCUT2D eigenvalue weighted by Gasteiger charge is 2.59. The molecule has 3 fully saturated rings. The van der Waals surface area contributed by atoms with E-state index in [1.807, 2.05) is 6.07 Å². The molecule has 0 radical (unpaired) electrons. The van der Waals surface area contributed by atoms with E-state index in [9.17, 15) is 93.6 Å². The lowest BCUT2D eigenvalue weighted by Crippen LogP contribution is -2.46. The molecule has 0 bridgehead atoms. The van der Waals surface area contributed by atoms with Crippen molar-refractivity contribution in [2.45, 2.75) is 124 Å². The van der Waals surface area contributed by atoms with Gasteiger partial charge in [-0.15, -0.1) is 13.2 Å². The average molecular weight is 1710 g/mol. The second-order valence-corrected chi connectivity index (χ2v) is 30.9. The Hall–Kier alpha value is -11.4.